The van der Waals surface area contributed by atoms with Gasteiger partial charge in [0, 0.05) is 29.5 Å². The van der Waals surface area contributed by atoms with Crippen LogP contribution < -0.4 is 5.32 Å². The molecule has 0 saturated heterocycles. The molecule has 0 atom stereocenters. The number of carbonyl (C=O) groups excluding carboxylic acids is 1. The summed E-state index contributed by atoms with van der Waals surface area (Å²) in [7, 11) is 0. The molecule has 2 heterocycles. The highest BCUT2D eigenvalue weighted by Crippen LogP contribution is 2.28. The second-order valence-electron chi connectivity index (χ2n) is 5.93. The Morgan fingerprint density at radius 1 is 1.18 bits per heavy atom. The lowest BCUT2D eigenvalue weighted by atomic mass is 10.2. The van der Waals surface area contributed by atoms with Gasteiger partial charge in [-0.25, -0.2) is 18.7 Å². The number of amides is 1. The number of hydrogen-bond acceptors (Lipinski definition) is 5. The number of rotatable bonds is 5. The first-order valence-corrected chi connectivity index (χ1v) is 9.43. The first-order chi connectivity index (χ1) is 13.5. The maximum Gasteiger partial charge on any atom is 0.226 e. The van der Waals surface area contributed by atoms with Gasteiger partial charge in [0.15, 0.2) is 28.4 Å². The van der Waals surface area contributed by atoms with E-state index >= 15 is 0 Å². The Balaban J connectivity index is 1.38. The summed E-state index contributed by atoms with van der Waals surface area (Å²) >= 11 is 6.94. The largest absolute Gasteiger partial charge is 0.441 e. The molecule has 4 rings (SSSR count). The van der Waals surface area contributed by atoms with Crippen molar-refractivity contribution < 1.29 is 18.0 Å². The van der Waals surface area contributed by atoms with Crippen molar-refractivity contribution in [3.8, 4) is 11.3 Å². The first-order valence-electron chi connectivity index (χ1n) is 8.24. The monoisotopic (exact) mass is 419 g/mol. The molecule has 5 nitrogen and oxygen atoms in total. The predicted octanol–water partition coefficient (Wildman–Crippen LogP) is 5.45. The van der Waals surface area contributed by atoms with Crippen molar-refractivity contribution in [1.29, 1.82) is 0 Å². The summed E-state index contributed by atoms with van der Waals surface area (Å²) in [5.41, 5.74) is 1.13. The minimum atomic E-state index is -0.976. The summed E-state index contributed by atoms with van der Waals surface area (Å²) < 4.78 is 32.6. The highest BCUT2D eigenvalue weighted by atomic mass is 35.5. The van der Waals surface area contributed by atoms with Gasteiger partial charge in [0.2, 0.25) is 5.91 Å². The van der Waals surface area contributed by atoms with Crippen molar-refractivity contribution in [1.82, 2.24) is 9.97 Å². The standard InChI is InChI=1S/C19H12ClF2N3O2S/c20-11-3-1-10(2-4-11)15-9-23-18(27-15)6-5-17(26)25-19-24-14-7-12(21)13(22)8-16(14)28-19/h1-4,7-9H,5-6H2,(H,24,25,26). The van der Waals surface area contributed by atoms with Crippen LogP contribution in [0, 0.1) is 11.6 Å². The number of fused-ring (bicyclic) bond motifs is 1. The third-order valence-electron chi connectivity index (χ3n) is 3.93. The molecule has 1 N–H and O–H groups in total. The number of carbonyl (C=O) groups is 1. The molecule has 28 heavy (non-hydrogen) atoms. The van der Waals surface area contributed by atoms with Crippen LogP contribution in [0.4, 0.5) is 13.9 Å². The SMILES string of the molecule is O=C(CCc1ncc(-c2ccc(Cl)cc2)o1)Nc1nc2cc(F)c(F)cc2s1. The van der Waals surface area contributed by atoms with Gasteiger partial charge in [-0.05, 0) is 30.3 Å². The lowest BCUT2D eigenvalue weighted by Gasteiger charge is -1.99. The molecule has 4 aromatic rings. The van der Waals surface area contributed by atoms with Crippen LogP contribution in [-0.2, 0) is 11.2 Å². The van der Waals surface area contributed by atoms with Crippen LogP contribution in [0.2, 0.25) is 5.02 Å². The van der Waals surface area contributed by atoms with E-state index in [1.807, 2.05) is 12.1 Å². The highest BCUT2D eigenvalue weighted by molar-refractivity contribution is 7.22. The fraction of sp³-hybridized carbons (Fsp3) is 0.105. The van der Waals surface area contributed by atoms with E-state index < -0.39 is 11.6 Å². The molecule has 0 saturated carbocycles. The van der Waals surface area contributed by atoms with E-state index in [9.17, 15) is 13.6 Å². The molecule has 0 spiro atoms. The number of thiazole rings is 1. The summed E-state index contributed by atoms with van der Waals surface area (Å²) in [6.45, 7) is 0. The van der Waals surface area contributed by atoms with E-state index in [1.54, 1.807) is 18.3 Å². The zero-order valence-electron chi connectivity index (χ0n) is 14.2. The van der Waals surface area contributed by atoms with Crippen molar-refractivity contribution in [2.24, 2.45) is 0 Å². The Kier molecular flexibility index (Phi) is 5.06. The zero-order chi connectivity index (χ0) is 19.7. The lowest BCUT2D eigenvalue weighted by molar-refractivity contribution is -0.116. The van der Waals surface area contributed by atoms with Gasteiger partial charge in [0.25, 0.3) is 0 Å². The van der Waals surface area contributed by atoms with Gasteiger partial charge in [-0.2, -0.15) is 0 Å². The van der Waals surface area contributed by atoms with E-state index in [1.165, 1.54) is 0 Å². The Bertz CT molecular complexity index is 1120. The maximum absolute atomic E-state index is 13.3. The van der Waals surface area contributed by atoms with Crippen LogP contribution in [0.15, 0.2) is 47.0 Å². The number of aromatic nitrogens is 2. The molecule has 0 fully saturated rings. The highest BCUT2D eigenvalue weighted by Gasteiger charge is 2.13. The Morgan fingerprint density at radius 2 is 1.93 bits per heavy atom. The first kappa shape index (κ1) is 18.5. The fourth-order valence-corrected chi connectivity index (χ4v) is 3.57. The number of nitrogens with one attached hydrogen (secondary N) is 1. The molecule has 0 bridgehead atoms. The summed E-state index contributed by atoms with van der Waals surface area (Å²) in [5, 5.41) is 3.53. The van der Waals surface area contributed by atoms with Gasteiger partial charge in [-0.1, -0.05) is 22.9 Å². The van der Waals surface area contributed by atoms with Crippen molar-refractivity contribution in [3.63, 3.8) is 0 Å². The molecule has 9 heteroatoms. The Labute approximate surface area is 167 Å². The minimum Gasteiger partial charge on any atom is -0.441 e. The molecule has 2 aromatic carbocycles. The molecule has 0 aliphatic heterocycles. The smallest absolute Gasteiger partial charge is 0.226 e. The molecular weight excluding hydrogens is 408 g/mol. The summed E-state index contributed by atoms with van der Waals surface area (Å²) in [6.07, 6.45) is 2.01. The quantitative estimate of drug-likeness (QED) is 0.466. The number of anilines is 1. The molecule has 0 aliphatic rings. The van der Waals surface area contributed by atoms with E-state index in [4.69, 9.17) is 16.0 Å². The van der Waals surface area contributed by atoms with Crippen LogP contribution in [0.5, 0.6) is 0 Å². The van der Waals surface area contributed by atoms with Crippen molar-refractivity contribution in [3.05, 3.63) is 65.1 Å². The van der Waals surface area contributed by atoms with E-state index in [-0.39, 0.29) is 17.5 Å². The summed E-state index contributed by atoms with van der Waals surface area (Å²) in [6, 6.07) is 9.20. The van der Waals surface area contributed by atoms with Crippen LogP contribution in [0.1, 0.15) is 12.3 Å². The van der Waals surface area contributed by atoms with Crippen molar-refractivity contribution in [2.75, 3.05) is 5.32 Å². The van der Waals surface area contributed by atoms with E-state index in [2.05, 4.69) is 15.3 Å². The van der Waals surface area contributed by atoms with E-state index in [0.29, 0.717) is 33.3 Å². The van der Waals surface area contributed by atoms with Gasteiger partial charge >= 0.3 is 0 Å². The molecular formula is C19H12ClF2N3O2S. The van der Waals surface area contributed by atoms with Crippen LogP contribution >= 0.6 is 22.9 Å². The van der Waals surface area contributed by atoms with Gasteiger partial charge in [0.05, 0.1) is 16.4 Å². The number of oxazole rings is 1. The topological polar surface area (TPSA) is 68.0 Å². The number of hydrogen-bond donors (Lipinski definition) is 1. The molecule has 2 aromatic heterocycles. The molecule has 0 aliphatic carbocycles. The number of benzene rings is 2. The number of nitrogens with zero attached hydrogens (tertiary/aromatic N) is 2. The second-order valence-corrected chi connectivity index (χ2v) is 7.39. The van der Waals surface area contributed by atoms with Crippen LogP contribution in [-0.4, -0.2) is 15.9 Å². The average molecular weight is 420 g/mol. The lowest BCUT2D eigenvalue weighted by Crippen LogP contribution is -2.12. The third-order valence-corrected chi connectivity index (χ3v) is 5.11. The van der Waals surface area contributed by atoms with E-state index in [0.717, 1.165) is 29.0 Å². The maximum atomic E-state index is 13.3. The third kappa shape index (κ3) is 4.02. The Morgan fingerprint density at radius 3 is 2.71 bits per heavy atom. The second kappa shape index (κ2) is 7.65. The molecule has 1 amide bonds. The van der Waals surface area contributed by atoms with Gasteiger partial charge in [-0.15, -0.1) is 0 Å². The summed E-state index contributed by atoms with van der Waals surface area (Å²) in [5.74, 6) is -1.22. The Hall–Kier alpha value is -2.84. The normalized spacial score (nSPS) is 11.1. The fourth-order valence-electron chi connectivity index (χ4n) is 2.55. The van der Waals surface area contributed by atoms with Crippen molar-refractivity contribution >= 4 is 44.2 Å². The minimum absolute atomic E-state index is 0.124. The van der Waals surface area contributed by atoms with Gasteiger partial charge < -0.3 is 9.73 Å². The molecule has 142 valence electrons. The van der Waals surface area contributed by atoms with Crippen LogP contribution in [0.3, 0.4) is 0 Å². The zero-order valence-corrected chi connectivity index (χ0v) is 15.8. The summed E-state index contributed by atoms with van der Waals surface area (Å²) in [4.78, 5) is 20.4. The molecule has 0 unspecified atom stereocenters. The number of aryl methyl sites for hydroxylation is 1. The van der Waals surface area contributed by atoms with Crippen LogP contribution in [0.25, 0.3) is 21.5 Å². The predicted molar refractivity (Wildman–Crippen MR) is 103 cm³/mol. The average Bonchev–Trinajstić information content (AvgIpc) is 3.28. The number of halogens is 3. The van der Waals surface area contributed by atoms with Gasteiger partial charge in [-0.3, -0.25) is 4.79 Å². The molecule has 0 radical (unpaired) electrons. The van der Waals surface area contributed by atoms with Crippen molar-refractivity contribution in [2.45, 2.75) is 12.8 Å². The van der Waals surface area contributed by atoms with Gasteiger partial charge in [0.1, 0.15) is 0 Å².